The van der Waals surface area contributed by atoms with Crippen LogP contribution in [-0.2, 0) is 0 Å². The fourth-order valence-electron chi connectivity index (χ4n) is 2.56. The Labute approximate surface area is 163 Å². The minimum atomic E-state index is -0.509. The van der Waals surface area contributed by atoms with E-state index in [4.69, 9.17) is 23.2 Å². The lowest BCUT2D eigenvalue weighted by atomic mass is 10.1. The van der Waals surface area contributed by atoms with Gasteiger partial charge in [-0.3, -0.25) is 0 Å². The maximum atomic E-state index is 13.6. The van der Waals surface area contributed by atoms with Crippen LogP contribution in [0.3, 0.4) is 0 Å². The molecule has 2 aromatic carbocycles. The van der Waals surface area contributed by atoms with Crippen LogP contribution < -0.4 is 10.6 Å². The molecule has 0 spiro atoms. The summed E-state index contributed by atoms with van der Waals surface area (Å²) in [4.78, 5) is 14.4. The Hall–Kier alpha value is -1.82. The van der Waals surface area contributed by atoms with Gasteiger partial charge in [0, 0.05) is 11.6 Å². The van der Waals surface area contributed by atoms with E-state index in [1.165, 1.54) is 12.1 Å². The van der Waals surface area contributed by atoms with Crippen LogP contribution in [0.15, 0.2) is 42.5 Å². The highest BCUT2D eigenvalue weighted by Crippen LogP contribution is 2.21. The van der Waals surface area contributed by atoms with Crippen molar-refractivity contribution in [3.63, 3.8) is 0 Å². The highest BCUT2D eigenvalue weighted by atomic mass is 35.5. The van der Waals surface area contributed by atoms with Gasteiger partial charge in [-0.05, 0) is 56.4 Å². The molecule has 7 heteroatoms. The molecule has 0 aliphatic carbocycles. The van der Waals surface area contributed by atoms with E-state index >= 15 is 0 Å². The topological polar surface area (TPSA) is 44.4 Å². The molecular formula is C19H22Cl2FN3O. The molecule has 4 nitrogen and oxygen atoms in total. The van der Waals surface area contributed by atoms with Crippen molar-refractivity contribution in [2.75, 3.05) is 20.6 Å². The van der Waals surface area contributed by atoms with Gasteiger partial charge >= 0.3 is 6.03 Å². The number of halogens is 3. The first-order chi connectivity index (χ1) is 12.3. The van der Waals surface area contributed by atoms with E-state index in [0.717, 1.165) is 5.56 Å². The second-order valence-electron chi connectivity index (χ2n) is 6.38. The normalized spacial score (nSPS) is 13.3. The van der Waals surface area contributed by atoms with E-state index in [1.54, 1.807) is 25.1 Å². The van der Waals surface area contributed by atoms with Crippen molar-refractivity contribution >= 4 is 29.2 Å². The van der Waals surface area contributed by atoms with E-state index in [1.807, 2.05) is 31.1 Å². The van der Waals surface area contributed by atoms with Crippen LogP contribution in [0.4, 0.5) is 9.18 Å². The lowest BCUT2D eigenvalue weighted by Gasteiger charge is -2.24. The first-order valence-corrected chi connectivity index (χ1v) is 8.94. The van der Waals surface area contributed by atoms with Crippen LogP contribution in [0.1, 0.15) is 30.1 Å². The van der Waals surface area contributed by atoms with Crippen molar-refractivity contribution in [3.8, 4) is 0 Å². The molecule has 0 aliphatic rings. The molecule has 0 saturated heterocycles. The highest BCUT2D eigenvalue weighted by Gasteiger charge is 2.18. The smallest absolute Gasteiger partial charge is 0.315 e. The third-order valence-corrected chi connectivity index (χ3v) is 4.48. The summed E-state index contributed by atoms with van der Waals surface area (Å²) in [6.45, 7) is 2.41. The SMILES string of the molecule is CC(NC(=O)NC(CN(C)C)c1ccc(Cl)cc1)c1ccc(Cl)c(F)c1. The van der Waals surface area contributed by atoms with Crippen LogP contribution in [0, 0.1) is 5.82 Å². The Morgan fingerprint density at radius 3 is 2.27 bits per heavy atom. The first kappa shape index (κ1) is 20.5. The van der Waals surface area contributed by atoms with Crippen LogP contribution in [0.2, 0.25) is 10.0 Å². The molecule has 0 aliphatic heterocycles. The third-order valence-electron chi connectivity index (χ3n) is 3.92. The Bertz CT molecular complexity index is 753. The number of urea groups is 1. The van der Waals surface area contributed by atoms with E-state index in [0.29, 0.717) is 17.1 Å². The van der Waals surface area contributed by atoms with Gasteiger partial charge in [-0.1, -0.05) is 41.4 Å². The van der Waals surface area contributed by atoms with Gasteiger partial charge in [0.05, 0.1) is 17.1 Å². The average molecular weight is 398 g/mol. The summed E-state index contributed by atoms with van der Waals surface area (Å²) >= 11 is 11.6. The fourth-order valence-corrected chi connectivity index (χ4v) is 2.80. The van der Waals surface area contributed by atoms with E-state index in [2.05, 4.69) is 10.6 Å². The van der Waals surface area contributed by atoms with Crippen LogP contribution in [-0.4, -0.2) is 31.6 Å². The summed E-state index contributed by atoms with van der Waals surface area (Å²) in [5, 5.41) is 6.47. The average Bonchev–Trinajstić information content (AvgIpc) is 2.57. The summed E-state index contributed by atoms with van der Waals surface area (Å²) in [6, 6.07) is 10.9. The molecular weight excluding hydrogens is 376 g/mol. The second kappa shape index (κ2) is 9.21. The molecule has 0 bridgehead atoms. The number of hydrogen-bond donors (Lipinski definition) is 2. The molecule has 0 aromatic heterocycles. The summed E-state index contributed by atoms with van der Waals surface area (Å²) in [5.74, 6) is -0.509. The maximum Gasteiger partial charge on any atom is 0.315 e. The Balaban J connectivity index is 2.06. The lowest BCUT2D eigenvalue weighted by Crippen LogP contribution is -2.42. The molecule has 2 aromatic rings. The zero-order chi connectivity index (χ0) is 19.3. The Morgan fingerprint density at radius 2 is 1.69 bits per heavy atom. The Morgan fingerprint density at radius 1 is 1.08 bits per heavy atom. The number of hydrogen-bond acceptors (Lipinski definition) is 2. The zero-order valence-electron chi connectivity index (χ0n) is 14.9. The van der Waals surface area contributed by atoms with Gasteiger partial charge in [0.25, 0.3) is 0 Å². The minimum Gasteiger partial charge on any atom is -0.332 e. The van der Waals surface area contributed by atoms with E-state index in [-0.39, 0.29) is 23.1 Å². The van der Waals surface area contributed by atoms with E-state index < -0.39 is 5.82 Å². The number of amides is 2. The Kier molecular flexibility index (Phi) is 7.26. The number of likely N-dealkylation sites (N-methyl/N-ethyl adjacent to an activating group) is 1. The molecule has 26 heavy (non-hydrogen) atoms. The molecule has 2 rings (SSSR count). The number of carbonyl (C=O) groups excluding carboxylic acids is 1. The molecule has 140 valence electrons. The molecule has 0 radical (unpaired) electrons. The van der Waals surface area contributed by atoms with Crippen molar-refractivity contribution < 1.29 is 9.18 Å². The molecule has 2 amide bonds. The molecule has 0 saturated carbocycles. The quantitative estimate of drug-likeness (QED) is 0.735. The van der Waals surface area contributed by atoms with Crippen molar-refractivity contribution in [1.82, 2.24) is 15.5 Å². The van der Waals surface area contributed by atoms with Crippen molar-refractivity contribution in [3.05, 3.63) is 69.5 Å². The number of carbonyl (C=O) groups is 1. The van der Waals surface area contributed by atoms with Crippen molar-refractivity contribution in [1.29, 1.82) is 0 Å². The number of rotatable bonds is 6. The highest BCUT2D eigenvalue weighted by molar-refractivity contribution is 6.30. The largest absolute Gasteiger partial charge is 0.332 e. The predicted molar refractivity (Wildman–Crippen MR) is 104 cm³/mol. The summed E-state index contributed by atoms with van der Waals surface area (Å²) in [5.41, 5.74) is 1.58. The van der Waals surface area contributed by atoms with Gasteiger partial charge in [0.2, 0.25) is 0 Å². The molecule has 2 unspecified atom stereocenters. The van der Waals surface area contributed by atoms with Gasteiger partial charge in [-0.15, -0.1) is 0 Å². The zero-order valence-corrected chi connectivity index (χ0v) is 16.4. The summed E-state index contributed by atoms with van der Waals surface area (Å²) in [6.07, 6.45) is 0. The van der Waals surface area contributed by atoms with Gasteiger partial charge in [0.15, 0.2) is 0 Å². The standard InChI is InChI=1S/C19H22Cl2FN3O/c1-12(14-6-9-16(21)17(22)10-14)23-19(26)24-18(11-25(2)3)13-4-7-15(20)8-5-13/h4-10,12,18H,11H2,1-3H3,(H2,23,24,26). The number of benzene rings is 2. The van der Waals surface area contributed by atoms with Gasteiger partial charge in [-0.2, -0.15) is 0 Å². The summed E-state index contributed by atoms with van der Waals surface area (Å²) < 4.78 is 13.6. The minimum absolute atomic E-state index is 0.0548. The molecule has 0 heterocycles. The second-order valence-corrected chi connectivity index (χ2v) is 7.22. The number of nitrogens with zero attached hydrogens (tertiary/aromatic N) is 1. The predicted octanol–water partition coefficient (Wildman–Crippen LogP) is 4.80. The van der Waals surface area contributed by atoms with Crippen molar-refractivity contribution in [2.24, 2.45) is 0 Å². The van der Waals surface area contributed by atoms with Crippen LogP contribution in [0.5, 0.6) is 0 Å². The lowest BCUT2D eigenvalue weighted by molar-refractivity contribution is 0.230. The van der Waals surface area contributed by atoms with Crippen LogP contribution >= 0.6 is 23.2 Å². The van der Waals surface area contributed by atoms with Crippen LogP contribution in [0.25, 0.3) is 0 Å². The van der Waals surface area contributed by atoms with Crippen molar-refractivity contribution in [2.45, 2.75) is 19.0 Å². The third kappa shape index (κ3) is 5.87. The van der Waals surface area contributed by atoms with Gasteiger partial charge < -0.3 is 15.5 Å². The van der Waals surface area contributed by atoms with E-state index in [9.17, 15) is 9.18 Å². The maximum absolute atomic E-state index is 13.6. The monoisotopic (exact) mass is 397 g/mol. The molecule has 2 atom stereocenters. The van der Waals surface area contributed by atoms with Gasteiger partial charge in [-0.25, -0.2) is 9.18 Å². The molecule has 0 fully saturated rings. The summed E-state index contributed by atoms with van der Waals surface area (Å²) in [7, 11) is 3.86. The fraction of sp³-hybridized carbons (Fsp3) is 0.316. The molecule has 2 N–H and O–H groups in total. The van der Waals surface area contributed by atoms with Gasteiger partial charge in [0.1, 0.15) is 5.82 Å². The number of nitrogens with one attached hydrogen (secondary N) is 2. The first-order valence-electron chi connectivity index (χ1n) is 8.18.